The molecule has 2 atom stereocenters. The van der Waals surface area contributed by atoms with Gasteiger partial charge in [0.15, 0.2) is 5.96 Å². The van der Waals surface area contributed by atoms with Crippen molar-refractivity contribution in [1.82, 2.24) is 20.4 Å². The van der Waals surface area contributed by atoms with Gasteiger partial charge >= 0.3 is 0 Å². The Morgan fingerprint density at radius 1 is 1.07 bits per heavy atom. The maximum atomic E-state index is 5.87. The molecule has 170 valence electrons. The Hall–Kier alpha value is -1.63. The second kappa shape index (κ2) is 13.6. The van der Waals surface area contributed by atoms with Crippen molar-refractivity contribution in [3.05, 3.63) is 35.9 Å². The van der Waals surface area contributed by atoms with E-state index in [0.717, 1.165) is 51.8 Å². The summed E-state index contributed by atoms with van der Waals surface area (Å²) in [4.78, 5) is 9.85. The summed E-state index contributed by atoms with van der Waals surface area (Å²) >= 11 is 0. The van der Waals surface area contributed by atoms with Crippen molar-refractivity contribution in [2.75, 3.05) is 59.5 Å². The Labute approximate surface area is 184 Å². The molecular weight excluding hydrogens is 374 g/mol. The number of ether oxygens (including phenoxy) is 1. The number of benzene rings is 1. The summed E-state index contributed by atoms with van der Waals surface area (Å²) in [5.74, 6) is 1.89. The topological polar surface area (TPSA) is 52.1 Å². The van der Waals surface area contributed by atoms with Crippen LogP contribution in [0, 0.1) is 11.8 Å². The normalized spacial score (nSPS) is 18.4. The third-order valence-corrected chi connectivity index (χ3v) is 5.67. The first-order valence-corrected chi connectivity index (χ1v) is 11.6. The van der Waals surface area contributed by atoms with Gasteiger partial charge in [-0.3, -0.25) is 9.89 Å². The predicted octanol–water partition coefficient (Wildman–Crippen LogP) is 2.67. The summed E-state index contributed by atoms with van der Waals surface area (Å²) in [5, 5.41) is 6.99. The lowest BCUT2D eigenvalue weighted by Gasteiger charge is -2.40. The Morgan fingerprint density at radius 2 is 1.77 bits per heavy atom. The van der Waals surface area contributed by atoms with E-state index in [1.54, 1.807) is 0 Å². The zero-order chi connectivity index (χ0) is 21.8. The standard InChI is InChI=1S/C24H43N5O/c1-6-25-24(26-16-21(4)18-30-19-22-10-8-7-9-11-22)27-17-23(20(2)3)29-14-12-28(5)13-15-29/h7-11,20-21,23H,6,12-19H2,1-5H3,(H2,25,26,27). The highest BCUT2D eigenvalue weighted by molar-refractivity contribution is 5.79. The number of aliphatic imine (C=N–C) groups is 1. The van der Waals surface area contributed by atoms with E-state index in [4.69, 9.17) is 9.73 Å². The zero-order valence-corrected chi connectivity index (χ0v) is 19.7. The van der Waals surface area contributed by atoms with Crippen LogP contribution in [0.4, 0.5) is 0 Å². The Bertz CT molecular complexity index is 599. The van der Waals surface area contributed by atoms with Crippen molar-refractivity contribution >= 4 is 5.96 Å². The van der Waals surface area contributed by atoms with Crippen molar-refractivity contribution in [3.63, 3.8) is 0 Å². The zero-order valence-electron chi connectivity index (χ0n) is 19.7. The number of hydrogen-bond acceptors (Lipinski definition) is 4. The van der Waals surface area contributed by atoms with Crippen LogP contribution < -0.4 is 10.6 Å². The summed E-state index contributed by atoms with van der Waals surface area (Å²) in [5.41, 5.74) is 1.21. The summed E-state index contributed by atoms with van der Waals surface area (Å²) in [6.07, 6.45) is 0. The molecule has 0 aliphatic carbocycles. The molecule has 1 aromatic carbocycles. The van der Waals surface area contributed by atoms with Crippen molar-refractivity contribution in [2.45, 2.75) is 40.3 Å². The van der Waals surface area contributed by atoms with Crippen molar-refractivity contribution in [1.29, 1.82) is 0 Å². The van der Waals surface area contributed by atoms with Gasteiger partial charge in [0.05, 0.1) is 13.2 Å². The van der Waals surface area contributed by atoms with E-state index < -0.39 is 0 Å². The fraction of sp³-hybridized carbons (Fsp3) is 0.708. The molecule has 0 spiro atoms. The highest BCUT2D eigenvalue weighted by atomic mass is 16.5. The maximum Gasteiger partial charge on any atom is 0.191 e. The van der Waals surface area contributed by atoms with Crippen LogP contribution in [0.3, 0.4) is 0 Å². The predicted molar refractivity (Wildman–Crippen MR) is 127 cm³/mol. The van der Waals surface area contributed by atoms with E-state index in [9.17, 15) is 0 Å². The quantitative estimate of drug-likeness (QED) is 0.428. The van der Waals surface area contributed by atoms with Crippen LogP contribution in [0.1, 0.15) is 33.3 Å². The van der Waals surface area contributed by atoms with Gasteiger partial charge in [-0.15, -0.1) is 0 Å². The van der Waals surface area contributed by atoms with Crippen LogP contribution in [0.2, 0.25) is 0 Å². The number of nitrogens with zero attached hydrogens (tertiary/aromatic N) is 3. The first-order chi connectivity index (χ1) is 14.5. The molecule has 30 heavy (non-hydrogen) atoms. The molecule has 0 bridgehead atoms. The van der Waals surface area contributed by atoms with Gasteiger partial charge in [0, 0.05) is 51.9 Å². The molecule has 0 radical (unpaired) electrons. The minimum Gasteiger partial charge on any atom is -0.376 e. The summed E-state index contributed by atoms with van der Waals surface area (Å²) < 4.78 is 5.87. The van der Waals surface area contributed by atoms with E-state index in [-0.39, 0.29) is 0 Å². The molecule has 0 saturated carbocycles. The SMILES string of the molecule is CCNC(=NCC(C)COCc1ccccc1)NCC(C(C)C)N1CCN(C)CC1. The van der Waals surface area contributed by atoms with Crippen molar-refractivity contribution in [2.24, 2.45) is 16.8 Å². The van der Waals surface area contributed by atoms with Crippen LogP contribution in [0.5, 0.6) is 0 Å². The molecule has 0 aromatic heterocycles. The Balaban J connectivity index is 1.78. The summed E-state index contributed by atoms with van der Waals surface area (Å²) in [6, 6.07) is 10.8. The van der Waals surface area contributed by atoms with Crippen LogP contribution in [-0.2, 0) is 11.3 Å². The van der Waals surface area contributed by atoms with Gasteiger partial charge < -0.3 is 20.3 Å². The fourth-order valence-electron chi connectivity index (χ4n) is 3.74. The third kappa shape index (κ3) is 9.02. The Morgan fingerprint density at radius 3 is 2.40 bits per heavy atom. The maximum absolute atomic E-state index is 5.87. The van der Waals surface area contributed by atoms with Crippen LogP contribution in [-0.4, -0.2) is 81.3 Å². The van der Waals surface area contributed by atoms with Crippen LogP contribution in [0.15, 0.2) is 35.3 Å². The van der Waals surface area contributed by atoms with Crippen LogP contribution >= 0.6 is 0 Å². The molecule has 2 N–H and O–H groups in total. The highest BCUT2D eigenvalue weighted by Crippen LogP contribution is 2.13. The molecule has 1 aromatic rings. The van der Waals surface area contributed by atoms with Crippen molar-refractivity contribution < 1.29 is 4.74 Å². The number of likely N-dealkylation sites (N-methyl/N-ethyl adjacent to an activating group) is 1. The highest BCUT2D eigenvalue weighted by Gasteiger charge is 2.25. The number of nitrogens with one attached hydrogen (secondary N) is 2. The first-order valence-electron chi connectivity index (χ1n) is 11.6. The third-order valence-electron chi connectivity index (χ3n) is 5.67. The molecule has 2 unspecified atom stereocenters. The number of guanidine groups is 1. The van der Waals surface area contributed by atoms with Gasteiger partial charge in [-0.05, 0) is 31.4 Å². The lowest BCUT2D eigenvalue weighted by molar-refractivity contribution is 0.0898. The molecular formula is C24H43N5O. The van der Waals surface area contributed by atoms with Gasteiger partial charge in [0.1, 0.15) is 0 Å². The fourth-order valence-corrected chi connectivity index (χ4v) is 3.74. The molecule has 2 rings (SSSR count). The molecule has 0 amide bonds. The lowest BCUT2D eigenvalue weighted by atomic mass is 10.0. The number of piperazine rings is 1. The average Bonchev–Trinajstić information content (AvgIpc) is 2.74. The minimum absolute atomic E-state index is 0.377. The van der Waals surface area contributed by atoms with Gasteiger partial charge in [0.25, 0.3) is 0 Å². The molecule has 1 heterocycles. The summed E-state index contributed by atoms with van der Waals surface area (Å²) in [6.45, 7) is 17.5. The van der Waals surface area contributed by atoms with Gasteiger partial charge in [-0.1, -0.05) is 51.1 Å². The monoisotopic (exact) mass is 417 g/mol. The van der Waals surface area contributed by atoms with Crippen molar-refractivity contribution in [3.8, 4) is 0 Å². The molecule has 6 nitrogen and oxygen atoms in total. The molecule has 1 fully saturated rings. The van der Waals surface area contributed by atoms with Gasteiger partial charge in [-0.25, -0.2) is 0 Å². The molecule has 1 aliphatic rings. The Kier molecular flexibility index (Phi) is 11.2. The largest absolute Gasteiger partial charge is 0.376 e. The van der Waals surface area contributed by atoms with Crippen LogP contribution in [0.25, 0.3) is 0 Å². The summed E-state index contributed by atoms with van der Waals surface area (Å²) in [7, 11) is 2.21. The molecule has 6 heteroatoms. The first kappa shape index (κ1) is 24.6. The van der Waals surface area contributed by atoms with Gasteiger partial charge in [0.2, 0.25) is 0 Å². The average molecular weight is 418 g/mol. The van der Waals surface area contributed by atoms with E-state index >= 15 is 0 Å². The second-order valence-electron chi connectivity index (χ2n) is 8.86. The van der Waals surface area contributed by atoms with E-state index in [0.29, 0.717) is 31.1 Å². The minimum atomic E-state index is 0.377. The number of rotatable bonds is 11. The van der Waals surface area contributed by atoms with E-state index in [1.807, 2.05) is 18.2 Å². The smallest absolute Gasteiger partial charge is 0.191 e. The van der Waals surface area contributed by atoms with E-state index in [2.05, 4.69) is 67.3 Å². The number of hydrogen-bond donors (Lipinski definition) is 2. The van der Waals surface area contributed by atoms with E-state index in [1.165, 1.54) is 5.56 Å². The lowest BCUT2D eigenvalue weighted by Crippen LogP contribution is -2.55. The molecule has 1 aliphatic heterocycles. The molecule has 1 saturated heterocycles. The van der Waals surface area contributed by atoms with Gasteiger partial charge in [-0.2, -0.15) is 0 Å². The second-order valence-corrected chi connectivity index (χ2v) is 8.86.